The van der Waals surface area contributed by atoms with Crippen LogP contribution >= 0.6 is 0 Å². The Morgan fingerprint density at radius 1 is 1.38 bits per heavy atom. The second-order valence-electron chi connectivity index (χ2n) is 3.95. The van der Waals surface area contributed by atoms with Crippen LogP contribution in [0.4, 0.5) is 5.69 Å². The van der Waals surface area contributed by atoms with Crippen LogP contribution < -0.4 is 10.6 Å². The van der Waals surface area contributed by atoms with Crippen LogP contribution in [0.2, 0.25) is 0 Å². The smallest absolute Gasteiger partial charge is 0.272 e. The summed E-state index contributed by atoms with van der Waals surface area (Å²) in [6.45, 7) is 2.75. The van der Waals surface area contributed by atoms with Crippen LogP contribution in [0.25, 0.3) is 0 Å². The molecule has 0 aromatic heterocycles. The molecule has 0 saturated carbocycles. The van der Waals surface area contributed by atoms with Gasteiger partial charge < -0.3 is 10.6 Å². The van der Waals surface area contributed by atoms with E-state index < -0.39 is 0 Å². The largest absolute Gasteiger partial charge is 0.314 e. The van der Waals surface area contributed by atoms with E-state index >= 15 is 0 Å². The lowest BCUT2D eigenvalue weighted by atomic mass is 10.0. The van der Waals surface area contributed by atoms with E-state index in [2.05, 4.69) is 10.6 Å². The van der Waals surface area contributed by atoms with E-state index in [0.717, 1.165) is 25.2 Å². The second kappa shape index (κ2) is 5.05. The van der Waals surface area contributed by atoms with Gasteiger partial charge in [0.05, 0.1) is 4.92 Å². The maximum atomic E-state index is 10.8. The molecule has 1 aliphatic rings. The van der Waals surface area contributed by atoms with Crippen molar-refractivity contribution in [2.75, 3.05) is 19.6 Å². The highest BCUT2D eigenvalue weighted by Gasteiger charge is 2.18. The van der Waals surface area contributed by atoms with Gasteiger partial charge in [-0.25, -0.2) is 0 Å². The first kappa shape index (κ1) is 11.0. The number of benzene rings is 1. The van der Waals surface area contributed by atoms with E-state index in [1.165, 1.54) is 0 Å². The van der Waals surface area contributed by atoms with Gasteiger partial charge in [0.25, 0.3) is 5.69 Å². The van der Waals surface area contributed by atoms with Gasteiger partial charge in [-0.15, -0.1) is 0 Å². The van der Waals surface area contributed by atoms with Crippen LogP contribution in [0.15, 0.2) is 24.3 Å². The Hall–Kier alpha value is -1.46. The van der Waals surface area contributed by atoms with Gasteiger partial charge in [-0.2, -0.15) is 0 Å². The van der Waals surface area contributed by atoms with E-state index in [4.69, 9.17) is 0 Å². The van der Waals surface area contributed by atoms with Gasteiger partial charge in [-0.1, -0.05) is 18.2 Å². The molecule has 1 fully saturated rings. The van der Waals surface area contributed by atoms with E-state index in [0.29, 0.717) is 6.42 Å². The van der Waals surface area contributed by atoms with E-state index in [1.807, 2.05) is 12.1 Å². The number of nitrogens with zero attached hydrogens (tertiary/aromatic N) is 1. The van der Waals surface area contributed by atoms with Crippen LogP contribution in [0.5, 0.6) is 0 Å². The number of hydrogen-bond acceptors (Lipinski definition) is 4. The summed E-state index contributed by atoms with van der Waals surface area (Å²) in [4.78, 5) is 10.5. The minimum absolute atomic E-state index is 0.217. The first-order chi connectivity index (χ1) is 7.77. The average Bonchev–Trinajstić information content (AvgIpc) is 2.31. The van der Waals surface area contributed by atoms with Crippen molar-refractivity contribution >= 4 is 5.69 Å². The zero-order chi connectivity index (χ0) is 11.4. The molecule has 1 saturated heterocycles. The van der Waals surface area contributed by atoms with Crippen LogP contribution in [0.3, 0.4) is 0 Å². The summed E-state index contributed by atoms with van der Waals surface area (Å²) >= 11 is 0. The minimum atomic E-state index is -0.314. The van der Waals surface area contributed by atoms with Crippen molar-refractivity contribution in [2.24, 2.45) is 0 Å². The summed E-state index contributed by atoms with van der Waals surface area (Å²) < 4.78 is 0. The van der Waals surface area contributed by atoms with Crippen LogP contribution in [0.1, 0.15) is 5.56 Å². The fourth-order valence-electron chi connectivity index (χ4n) is 1.98. The molecule has 5 nitrogen and oxygen atoms in total. The highest BCUT2D eigenvalue weighted by Crippen LogP contribution is 2.19. The van der Waals surface area contributed by atoms with Crippen molar-refractivity contribution in [1.82, 2.24) is 10.6 Å². The third kappa shape index (κ3) is 2.56. The topological polar surface area (TPSA) is 67.2 Å². The molecule has 0 bridgehead atoms. The van der Waals surface area contributed by atoms with Crippen molar-refractivity contribution in [3.8, 4) is 0 Å². The Morgan fingerprint density at radius 3 is 2.88 bits per heavy atom. The molecule has 1 aromatic rings. The predicted octanol–water partition coefficient (Wildman–Crippen LogP) is 0.699. The number of rotatable bonds is 3. The molecule has 0 radical (unpaired) electrons. The maximum Gasteiger partial charge on any atom is 0.272 e. The molecule has 5 heteroatoms. The molecule has 16 heavy (non-hydrogen) atoms. The Labute approximate surface area is 94.0 Å². The molecule has 1 heterocycles. The zero-order valence-corrected chi connectivity index (χ0v) is 8.98. The fourth-order valence-corrected chi connectivity index (χ4v) is 1.98. The number of para-hydroxylation sites is 1. The molecular weight excluding hydrogens is 206 g/mol. The number of nitro benzene ring substituents is 1. The SMILES string of the molecule is O=[N+]([O-])c1ccccc1CC1CNCCN1. The molecule has 0 aliphatic carbocycles. The van der Waals surface area contributed by atoms with E-state index in [1.54, 1.807) is 12.1 Å². The van der Waals surface area contributed by atoms with Gasteiger partial charge in [-0.3, -0.25) is 10.1 Å². The third-order valence-corrected chi connectivity index (χ3v) is 2.78. The van der Waals surface area contributed by atoms with Crippen LogP contribution in [0, 0.1) is 10.1 Å². The van der Waals surface area contributed by atoms with Crippen molar-refractivity contribution in [1.29, 1.82) is 0 Å². The molecule has 1 atom stereocenters. The van der Waals surface area contributed by atoms with Crippen molar-refractivity contribution in [2.45, 2.75) is 12.5 Å². The summed E-state index contributed by atoms with van der Waals surface area (Å²) in [5.41, 5.74) is 1.02. The highest BCUT2D eigenvalue weighted by atomic mass is 16.6. The molecular formula is C11H15N3O2. The molecule has 1 aromatic carbocycles. The molecule has 1 unspecified atom stereocenters. The summed E-state index contributed by atoms with van der Waals surface area (Å²) in [5.74, 6) is 0. The highest BCUT2D eigenvalue weighted by molar-refractivity contribution is 5.40. The third-order valence-electron chi connectivity index (χ3n) is 2.78. The monoisotopic (exact) mass is 221 g/mol. The fraction of sp³-hybridized carbons (Fsp3) is 0.455. The normalized spacial score (nSPS) is 20.6. The Morgan fingerprint density at radius 2 is 2.19 bits per heavy atom. The number of hydrogen-bond donors (Lipinski definition) is 2. The number of nitro groups is 1. The quantitative estimate of drug-likeness (QED) is 0.582. The van der Waals surface area contributed by atoms with Crippen molar-refractivity contribution in [3.63, 3.8) is 0 Å². The molecule has 0 amide bonds. The lowest BCUT2D eigenvalue weighted by Gasteiger charge is -2.24. The lowest BCUT2D eigenvalue weighted by molar-refractivity contribution is -0.385. The van der Waals surface area contributed by atoms with Gasteiger partial charge in [0.2, 0.25) is 0 Å². The molecule has 86 valence electrons. The Balaban J connectivity index is 2.10. The Kier molecular flexibility index (Phi) is 3.48. The van der Waals surface area contributed by atoms with Gasteiger partial charge in [0, 0.05) is 37.3 Å². The molecule has 1 aliphatic heterocycles. The first-order valence-corrected chi connectivity index (χ1v) is 5.44. The lowest BCUT2D eigenvalue weighted by Crippen LogP contribution is -2.49. The molecule has 2 rings (SSSR count). The van der Waals surface area contributed by atoms with Gasteiger partial charge in [-0.05, 0) is 6.42 Å². The summed E-state index contributed by atoms with van der Waals surface area (Å²) in [6.07, 6.45) is 0.699. The first-order valence-electron chi connectivity index (χ1n) is 5.44. The van der Waals surface area contributed by atoms with E-state index in [-0.39, 0.29) is 16.7 Å². The Bertz CT molecular complexity index is 375. The van der Waals surface area contributed by atoms with Crippen LogP contribution in [-0.4, -0.2) is 30.6 Å². The number of piperazine rings is 1. The average molecular weight is 221 g/mol. The summed E-state index contributed by atoms with van der Waals surface area (Å²) in [7, 11) is 0. The predicted molar refractivity (Wildman–Crippen MR) is 61.5 cm³/mol. The standard InChI is InChI=1S/C11H15N3O2/c15-14(16)11-4-2-1-3-9(11)7-10-8-12-5-6-13-10/h1-4,10,12-13H,5-8H2. The van der Waals surface area contributed by atoms with Gasteiger partial charge in [0.15, 0.2) is 0 Å². The summed E-state index contributed by atoms with van der Waals surface area (Å²) in [6, 6.07) is 7.22. The maximum absolute atomic E-state index is 10.8. The van der Waals surface area contributed by atoms with Gasteiger partial charge >= 0.3 is 0 Å². The number of nitrogens with one attached hydrogen (secondary N) is 2. The second-order valence-corrected chi connectivity index (χ2v) is 3.95. The van der Waals surface area contributed by atoms with Crippen molar-refractivity contribution < 1.29 is 4.92 Å². The minimum Gasteiger partial charge on any atom is -0.314 e. The van der Waals surface area contributed by atoms with Gasteiger partial charge in [0.1, 0.15) is 0 Å². The van der Waals surface area contributed by atoms with E-state index in [9.17, 15) is 10.1 Å². The molecule has 2 N–H and O–H groups in total. The van der Waals surface area contributed by atoms with Crippen molar-refractivity contribution in [3.05, 3.63) is 39.9 Å². The summed E-state index contributed by atoms with van der Waals surface area (Å²) in [5, 5.41) is 17.5. The zero-order valence-electron chi connectivity index (χ0n) is 8.98. The van der Waals surface area contributed by atoms with Crippen LogP contribution in [-0.2, 0) is 6.42 Å². The molecule has 0 spiro atoms.